The molecule has 0 amide bonds. The van der Waals surface area contributed by atoms with E-state index in [9.17, 15) is 9.59 Å². The van der Waals surface area contributed by atoms with Crippen molar-refractivity contribution >= 4 is 58.0 Å². The molecular formula is C36H33Cl2N3O6. The zero-order valence-corrected chi connectivity index (χ0v) is 27.7. The highest BCUT2D eigenvalue weighted by atomic mass is 35.5. The van der Waals surface area contributed by atoms with Crippen LogP contribution in [-0.2, 0) is 11.3 Å². The maximum absolute atomic E-state index is 14.3. The molecule has 2 aromatic heterocycles. The Kier molecular flexibility index (Phi) is 10.6. The fourth-order valence-electron chi connectivity index (χ4n) is 5.60. The Labute approximate surface area is 283 Å². The van der Waals surface area contributed by atoms with Gasteiger partial charge in [-0.25, -0.2) is 4.79 Å². The smallest absolute Gasteiger partial charge is 0.355 e. The highest BCUT2D eigenvalue weighted by molar-refractivity contribution is 6.07. The van der Waals surface area contributed by atoms with E-state index < -0.39 is 11.5 Å². The molecule has 11 heteroatoms. The number of nitrogen functional groups attached to an aromatic ring is 1. The van der Waals surface area contributed by atoms with Crippen LogP contribution < -0.4 is 25.5 Å². The summed E-state index contributed by atoms with van der Waals surface area (Å²) in [6.45, 7) is 2.07. The van der Waals surface area contributed by atoms with E-state index in [1.807, 2.05) is 49.4 Å². The topological polar surface area (TPSA) is 115 Å². The number of rotatable bonds is 8. The van der Waals surface area contributed by atoms with Crippen LogP contribution in [-0.4, -0.2) is 36.8 Å². The molecule has 0 aliphatic rings. The first kappa shape index (κ1) is 34.6. The van der Waals surface area contributed by atoms with Gasteiger partial charge in [0.15, 0.2) is 0 Å². The van der Waals surface area contributed by atoms with Crippen molar-refractivity contribution in [3.63, 3.8) is 0 Å². The first-order chi connectivity index (χ1) is 21.8. The summed E-state index contributed by atoms with van der Waals surface area (Å²) in [6.07, 6.45) is 1.75. The molecule has 0 spiro atoms. The fourth-order valence-corrected chi connectivity index (χ4v) is 5.60. The molecule has 0 aliphatic heterocycles. The summed E-state index contributed by atoms with van der Waals surface area (Å²) < 4.78 is 24.1. The van der Waals surface area contributed by atoms with Crippen LogP contribution in [0.1, 0.15) is 21.7 Å². The number of nitrogens with zero attached hydrogens (tertiary/aromatic N) is 2. The quantitative estimate of drug-likeness (QED) is 0.132. The summed E-state index contributed by atoms with van der Waals surface area (Å²) in [6, 6.07) is 25.5. The number of esters is 1. The lowest BCUT2D eigenvalue weighted by Gasteiger charge is -2.21. The summed E-state index contributed by atoms with van der Waals surface area (Å²) in [4.78, 5) is 32.4. The molecule has 0 unspecified atom stereocenters. The standard InChI is InChI=1S/C36H31N3O6.2ClH/c1-21-31(42-2)17-23(18-32(21)43-3)33-28-14-13-26(45-20-30-27-8-6-5-7-22(27)15-16-38-30)19-29(28)35(40)39(34(33)36(41)44-4)25-11-9-24(37)10-12-25;;/h5-19H,20,37H2,1-4H3;2*1H. The van der Waals surface area contributed by atoms with Gasteiger partial charge in [-0.1, -0.05) is 24.3 Å². The second-order valence-electron chi connectivity index (χ2n) is 10.4. The van der Waals surface area contributed by atoms with E-state index >= 15 is 0 Å². The predicted octanol–water partition coefficient (Wildman–Crippen LogP) is 7.32. The maximum atomic E-state index is 14.3. The number of carbonyl (C=O) groups excluding carboxylic acids is 1. The molecule has 0 aliphatic carbocycles. The average molecular weight is 675 g/mol. The van der Waals surface area contributed by atoms with Crippen molar-refractivity contribution in [3.05, 3.63) is 118 Å². The largest absolute Gasteiger partial charge is 0.496 e. The zero-order valence-electron chi connectivity index (χ0n) is 26.1. The third-order valence-electron chi connectivity index (χ3n) is 7.86. The Morgan fingerprint density at radius 3 is 2.17 bits per heavy atom. The van der Waals surface area contributed by atoms with Crippen molar-refractivity contribution < 1.29 is 23.7 Å². The first-order valence-corrected chi connectivity index (χ1v) is 14.2. The Bertz CT molecular complexity index is 2120. The van der Waals surface area contributed by atoms with Crippen LogP contribution in [0.2, 0.25) is 0 Å². The lowest BCUT2D eigenvalue weighted by molar-refractivity contribution is 0.0591. The number of benzene rings is 4. The first-order valence-electron chi connectivity index (χ1n) is 14.2. The number of hydrogen-bond donors (Lipinski definition) is 1. The Morgan fingerprint density at radius 1 is 0.830 bits per heavy atom. The lowest BCUT2D eigenvalue weighted by atomic mass is 9.94. The number of methoxy groups -OCH3 is 3. The number of fused-ring (bicyclic) bond motifs is 2. The van der Waals surface area contributed by atoms with Crippen molar-refractivity contribution in [2.75, 3.05) is 27.1 Å². The third kappa shape index (κ3) is 6.40. The van der Waals surface area contributed by atoms with Crippen molar-refractivity contribution in [1.29, 1.82) is 0 Å². The molecule has 47 heavy (non-hydrogen) atoms. The predicted molar refractivity (Wildman–Crippen MR) is 189 cm³/mol. The third-order valence-corrected chi connectivity index (χ3v) is 7.86. The van der Waals surface area contributed by atoms with Gasteiger partial charge in [0, 0.05) is 34.1 Å². The van der Waals surface area contributed by atoms with Gasteiger partial charge >= 0.3 is 5.97 Å². The number of halogens is 2. The SMILES string of the molecule is COC(=O)c1c(-c2cc(OC)c(C)c(OC)c2)c2ccc(OCc3nccc4ccccc34)cc2c(=O)n1-c1ccc(N)cc1.Cl.Cl. The summed E-state index contributed by atoms with van der Waals surface area (Å²) in [5.41, 5.74) is 9.15. The van der Waals surface area contributed by atoms with E-state index in [4.69, 9.17) is 24.7 Å². The van der Waals surface area contributed by atoms with Gasteiger partial charge in [-0.15, -0.1) is 24.8 Å². The molecular weight excluding hydrogens is 641 g/mol. The zero-order chi connectivity index (χ0) is 31.7. The van der Waals surface area contributed by atoms with Crippen molar-refractivity contribution in [3.8, 4) is 34.1 Å². The maximum Gasteiger partial charge on any atom is 0.355 e. The number of hydrogen-bond acceptors (Lipinski definition) is 8. The Morgan fingerprint density at radius 2 is 1.51 bits per heavy atom. The molecule has 0 fully saturated rings. The number of ether oxygens (including phenoxy) is 4. The minimum absolute atomic E-state index is 0. The highest BCUT2D eigenvalue weighted by Gasteiger charge is 2.27. The van der Waals surface area contributed by atoms with E-state index in [-0.39, 0.29) is 37.1 Å². The number of anilines is 1. The van der Waals surface area contributed by atoms with Gasteiger partial charge in [0.25, 0.3) is 5.56 Å². The van der Waals surface area contributed by atoms with Crippen LogP contribution in [0.3, 0.4) is 0 Å². The molecule has 6 rings (SSSR count). The second-order valence-corrected chi connectivity index (χ2v) is 10.4. The fraction of sp³-hybridized carbons (Fsp3) is 0.139. The Hall–Kier alpha value is -5.25. The number of nitrogens with two attached hydrogens (primary N) is 1. The minimum Gasteiger partial charge on any atom is -0.496 e. The second kappa shape index (κ2) is 14.5. The summed E-state index contributed by atoms with van der Waals surface area (Å²) in [5, 5.41) is 2.89. The number of pyridine rings is 2. The molecule has 2 heterocycles. The summed E-state index contributed by atoms with van der Waals surface area (Å²) >= 11 is 0. The average Bonchev–Trinajstić information content (AvgIpc) is 3.07. The lowest BCUT2D eigenvalue weighted by Crippen LogP contribution is -2.27. The minimum atomic E-state index is -0.693. The van der Waals surface area contributed by atoms with Gasteiger partial charge < -0.3 is 24.7 Å². The van der Waals surface area contributed by atoms with E-state index in [0.29, 0.717) is 50.5 Å². The van der Waals surface area contributed by atoms with Crippen molar-refractivity contribution in [2.45, 2.75) is 13.5 Å². The van der Waals surface area contributed by atoms with E-state index in [1.54, 1.807) is 62.9 Å². The monoisotopic (exact) mass is 673 g/mol. The van der Waals surface area contributed by atoms with Gasteiger partial charge in [-0.3, -0.25) is 14.3 Å². The summed E-state index contributed by atoms with van der Waals surface area (Å²) in [5.74, 6) is 0.887. The summed E-state index contributed by atoms with van der Waals surface area (Å²) in [7, 11) is 4.41. The molecule has 0 saturated heterocycles. The molecule has 0 saturated carbocycles. The molecule has 9 nitrogen and oxygen atoms in total. The molecule has 0 bridgehead atoms. The van der Waals surface area contributed by atoms with Crippen LogP contribution in [0.15, 0.2) is 95.9 Å². The van der Waals surface area contributed by atoms with Gasteiger partial charge in [-0.05, 0) is 83.9 Å². The van der Waals surface area contributed by atoms with Crippen LogP contribution in [0.25, 0.3) is 38.4 Å². The molecule has 4 aromatic carbocycles. The van der Waals surface area contributed by atoms with Crippen LogP contribution in [0, 0.1) is 6.92 Å². The van der Waals surface area contributed by atoms with Crippen LogP contribution in [0.5, 0.6) is 17.2 Å². The molecule has 0 atom stereocenters. The van der Waals surface area contributed by atoms with Gasteiger partial charge in [0.2, 0.25) is 0 Å². The van der Waals surface area contributed by atoms with Gasteiger partial charge in [0.05, 0.1) is 32.4 Å². The van der Waals surface area contributed by atoms with Gasteiger partial charge in [-0.2, -0.15) is 0 Å². The molecule has 0 radical (unpaired) electrons. The van der Waals surface area contributed by atoms with Crippen molar-refractivity contribution in [2.24, 2.45) is 0 Å². The molecule has 2 N–H and O–H groups in total. The number of carbonyl (C=O) groups is 1. The van der Waals surface area contributed by atoms with Crippen molar-refractivity contribution in [1.82, 2.24) is 9.55 Å². The van der Waals surface area contributed by atoms with E-state index in [0.717, 1.165) is 22.0 Å². The normalized spacial score (nSPS) is 10.6. The Balaban J connectivity index is 0.00000250. The molecule has 6 aromatic rings. The van der Waals surface area contributed by atoms with Gasteiger partial charge in [0.1, 0.15) is 29.5 Å². The van der Waals surface area contributed by atoms with Crippen LogP contribution in [0.4, 0.5) is 5.69 Å². The number of aromatic nitrogens is 2. The van der Waals surface area contributed by atoms with Crippen LogP contribution >= 0.6 is 24.8 Å². The van der Waals surface area contributed by atoms with E-state index in [1.165, 1.54) is 11.7 Å². The van der Waals surface area contributed by atoms with E-state index in [2.05, 4.69) is 4.98 Å². The molecule has 242 valence electrons. The highest BCUT2D eigenvalue weighted by Crippen LogP contribution is 2.40.